The Morgan fingerprint density at radius 3 is 2.33 bits per heavy atom. The number of carbonyl (C=O) groups is 1. The van der Waals surface area contributed by atoms with Crippen LogP contribution in [0, 0.1) is 0 Å². The monoisotopic (exact) mass is 215 g/mol. The summed E-state index contributed by atoms with van der Waals surface area (Å²) in [5, 5.41) is 15.3. The van der Waals surface area contributed by atoms with Gasteiger partial charge in [-0.1, -0.05) is 0 Å². The molecular formula is C10H21N3O2. The fourth-order valence-electron chi connectivity index (χ4n) is 1.83. The number of piperazine rings is 1. The zero-order chi connectivity index (χ0) is 11.1. The van der Waals surface area contributed by atoms with Crippen LogP contribution in [0.5, 0.6) is 0 Å². The average Bonchev–Trinajstić information content (AvgIpc) is 2.25. The summed E-state index contributed by atoms with van der Waals surface area (Å²) in [6.45, 7) is 2.52. The number of nitrogens with one attached hydrogen (secondary N) is 2. The Bertz CT molecular complexity index is 191. The minimum atomic E-state index is -0.720. The fourth-order valence-corrected chi connectivity index (χ4v) is 1.83. The second kappa shape index (κ2) is 6.76. The molecule has 0 aromatic carbocycles. The molecule has 1 rings (SSSR count). The summed E-state index contributed by atoms with van der Waals surface area (Å²) in [5.41, 5.74) is 5.44. The topological polar surface area (TPSA) is 87.4 Å². The zero-order valence-corrected chi connectivity index (χ0v) is 9.04. The minimum Gasteiger partial charge on any atom is -0.481 e. The van der Waals surface area contributed by atoms with Crippen molar-refractivity contribution in [2.24, 2.45) is 5.73 Å². The van der Waals surface area contributed by atoms with Crippen molar-refractivity contribution in [3.63, 3.8) is 0 Å². The maximum Gasteiger partial charge on any atom is 0.303 e. The van der Waals surface area contributed by atoms with Gasteiger partial charge < -0.3 is 21.5 Å². The first-order valence-corrected chi connectivity index (χ1v) is 5.61. The minimum absolute atomic E-state index is 0.243. The quantitative estimate of drug-likeness (QED) is 0.481. The smallest absolute Gasteiger partial charge is 0.303 e. The van der Waals surface area contributed by atoms with Crippen LogP contribution >= 0.6 is 0 Å². The van der Waals surface area contributed by atoms with Crippen LogP contribution in [0.4, 0.5) is 0 Å². The van der Waals surface area contributed by atoms with Crippen LogP contribution in [0.15, 0.2) is 0 Å². The van der Waals surface area contributed by atoms with E-state index in [2.05, 4.69) is 10.6 Å². The molecule has 1 saturated heterocycles. The maximum absolute atomic E-state index is 10.4. The van der Waals surface area contributed by atoms with Crippen LogP contribution in [0.2, 0.25) is 0 Å². The Labute approximate surface area is 90.4 Å². The molecule has 0 aliphatic carbocycles. The summed E-state index contributed by atoms with van der Waals surface area (Å²) in [7, 11) is 0. The highest BCUT2D eigenvalue weighted by atomic mass is 16.4. The second-order valence-corrected chi connectivity index (χ2v) is 4.07. The van der Waals surface area contributed by atoms with Gasteiger partial charge in [-0.2, -0.15) is 0 Å². The molecule has 1 aliphatic heterocycles. The normalized spacial score (nSPS) is 26.5. The molecule has 0 saturated carbocycles. The van der Waals surface area contributed by atoms with E-state index in [1.54, 1.807) is 0 Å². The summed E-state index contributed by atoms with van der Waals surface area (Å²) in [6.07, 6.45) is 3.08. The van der Waals surface area contributed by atoms with Crippen molar-refractivity contribution in [2.75, 3.05) is 19.6 Å². The van der Waals surface area contributed by atoms with Crippen molar-refractivity contribution in [2.45, 2.75) is 37.8 Å². The van der Waals surface area contributed by atoms with Gasteiger partial charge in [-0.05, 0) is 25.8 Å². The maximum atomic E-state index is 10.4. The van der Waals surface area contributed by atoms with E-state index < -0.39 is 5.97 Å². The van der Waals surface area contributed by atoms with Gasteiger partial charge in [0.1, 0.15) is 0 Å². The molecule has 5 N–H and O–H groups in total. The van der Waals surface area contributed by atoms with E-state index in [0.717, 1.165) is 32.5 Å². The number of hydrogen-bond donors (Lipinski definition) is 4. The molecule has 5 nitrogen and oxygen atoms in total. The molecular weight excluding hydrogens is 194 g/mol. The summed E-state index contributed by atoms with van der Waals surface area (Å²) < 4.78 is 0. The van der Waals surface area contributed by atoms with Gasteiger partial charge in [0.2, 0.25) is 0 Å². The second-order valence-electron chi connectivity index (χ2n) is 4.07. The van der Waals surface area contributed by atoms with Crippen molar-refractivity contribution in [1.29, 1.82) is 0 Å². The van der Waals surface area contributed by atoms with E-state index in [4.69, 9.17) is 10.8 Å². The molecule has 0 spiro atoms. The molecule has 1 fully saturated rings. The lowest BCUT2D eigenvalue weighted by atomic mass is 10.0. The first-order chi connectivity index (χ1) is 7.22. The van der Waals surface area contributed by atoms with Gasteiger partial charge in [0.15, 0.2) is 0 Å². The van der Waals surface area contributed by atoms with Gasteiger partial charge in [0.05, 0.1) is 0 Å². The largest absolute Gasteiger partial charge is 0.481 e. The summed E-state index contributed by atoms with van der Waals surface area (Å²) in [5.74, 6) is -0.720. The number of aliphatic carboxylic acids is 1. The fraction of sp³-hybridized carbons (Fsp3) is 0.900. The van der Waals surface area contributed by atoms with Crippen molar-refractivity contribution in [3.05, 3.63) is 0 Å². The average molecular weight is 215 g/mol. The molecule has 0 amide bonds. The van der Waals surface area contributed by atoms with Crippen molar-refractivity contribution >= 4 is 5.97 Å². The van der Waals surface area contributed by atoms with Crippen LogP contribution in [-0.4, -0.2) is 42.8 Å². The third-order valence-corrected chi connectivity index (χ3v) is 2.77. The lowest BCUT2D eigenvalue weighted by molar-refractivity contribution is -0.137. The Balaban J connectivity index is 2.09. The summed E-state index contributed by atoms with van der Waals surface area (Å²) >= 11 is 0. The number of carboxylic acids is 1. The molecule has 1 aliphatic rings. The van der Waals surface area contributed by atoms with Gasteiger partial charge in [0.25, 0.3) is 0 Å². The predicted molar refractivity (Wildman–Crippen MR) is 58.7 cm³/mol. The molecule has 0 aromatic rings. The highest BCUT2D eigenvalue weighted by Gasteiger charge is 2.19. The molecule has 1 heterocycles. The van der Waals surface area contributed by atoms with Crippen LogP contribution in [-0.2, 0) is 4.79 Å². The van der Waals surface area contributed by atoms with E-state index in [9.17, 15) is 4.79 Å². The van der Waals surface area contributed by atoms with Crippen molar-refractivity contribution < 1.29 is 9.90 Å². The van der Waals surface area contributed by atoms with Crippen molar-refractivity contribution in [3.8, 4) is 0 Å². The van der Waals surface area contributed by atoms with E-state index in [1.807, 2.05) is 0 Å². The standard InChI is InChI=1S/C10H21N3O2/c11-5-1-2-8-6-13-9(7-12-8)3-4-10(14)15/h8-9,12-13H,1-7,11H2,(H,14,15)/t8-,9-/m1/s1. The summed E-state index contributed by atoms with van der Waals surface area (Å²) in [6, 6.07) is 0.796. The molecule has 5 heteroatoms. The van der Waals surface area contributed by atoms with E-state index in [0.29, 0.717) is 18.5 Å². The van der Waals surface area contributed by atoms with Gasteiger partial charge in [-0.15, -0.1) is 0 Å². The highest BCUT2D eigenvalue weighted by Crippen LogP contribution is 2.04. The van der Waals surface area contributed by atoms with E-state index in [-0.39, 0.29) is 6.42 Å². The lowest BCUT2D eigenvalue weighted by Gasteiger charge is -2.31. The van der Waals surface area contributed by atoms with Crippen LogP contribution in [0.3, 0.4) is 0 Å². The van der Waals surface area contributed by atoms with E-state index in [1.165, 1.54) is 0 Å². The predicted octanol–water partition coefficient (Wildman–Crippen LogP) is -0.480. The number of nitrogens with two attached hydrogens (primary N) is 1. The molecule has 0 unspecified atom stereocenters. The number of carboxylic acid groups (broad SMARTS) is 1. The van der Waals surface area contributed by atoms with Crippen molar-refractivity contribution in [1.82, 2.24) is 10.6 Å². The van der Waals surface area contributed by atoms with Gasteiger partial charge in [0, 0.05) is 31.6 Å². The first-order valence-electron chi connectivity index (χ1n) is 5.61. The highest BCUT2D eigenvalue weighted by molar-refractivity contribution is 5.66. The SMILES string of the molecule is NCCC[C@@H]1CN[C@H](CCC(=O)O)CN1. The Hall–Kier alpha value is -0.650. The molecule has 15 heavy (non-hydrogen) atoms. The number of rotatable bonds is 6. The van der Waals surface area contributed by atoms with Crippen LogP contribution in [0.1, 0.15) is 25.7 Å². The number of hydrogen-bond acceptors (Lipinski definition) is 4. The van der Waals surface area contributed by atoms with Crippen LogP contribution in [0.25, 0.3) is 0 Å². The third kappa shape index (κ3) is 5.11. The van der Waals surface area contributed by atoms with Gasteiger partial charge in [-0.3, -0.25) is 4.79 Å². The van der Waals surface area contributed by atoms with E-state index >= 15 is 0 Å². The molecule has 2 atom stereocenters. The zero-order valence-electron chi connectivity index (χ0n) is 9.04. The third-order valence-electron chi connectivity index (χ3n) is 2.77. The Kier molecular flexibility index (Phi) is 5.60. The molecule has 0 radical (unpaired) electrons. The first kappa shape index (κ1) is 12.4. The Morgan fingerprint density at radius 1 is 1.27 bits per heavy atom. The van der Waals surface area contributed by atoms with Gasteiger partial charge in [-0.25, -0.2) is 0 Å². The Morgan fingerprint density at radius 2 is 1.87 bits per heavy atom. The molecule has 88 valence electrons. The molecule has 0 aromatic heterocycles. The molecule has 0 bridgehead atoms. The van der Waals surface area contributed by atoms with Gasteiger partial charge >= 0.3 is 5.97 Å². The summed E-state index contributed by atoms with van der Waals surface area (Å²) in [4.78, 5) is 10.4. The van der Waals surface area contributed by atoms with Crippen LogP contribution < -0.4 is 16.4 Å². The lowest BCUT2D eigenvalue weighted by Crippen LogP contribution is -2.54.